The molecular weight excluding hydrogens is 278 g/mol. The molecule has 2 amide bonds. The molecule has 4 rings (SSSR count). The van der Waals surface area contributed by atoms with Crippen LogP contribution in [0, 0.1) is 5.92 Å². The Labute approximate surface area is 130 Å². The molecule has 2 aliphatic heterocycles. The van der Waals surface area contributed by atoms with Gasteiger partial charge in [-0.1, -0.05) is 24.3 Å². The highest BCUT2D eigenvalue weighted by Gasteiger charge is 2.38. The van der Waals surface area contributed by atoms with E-state index in [2.05, 4.69) is 22.3 Å². The molecule has 0 radical (unpaired) electrons. The van der Waals surface area contributed by atoms with Crippen molar-refractivity contribution in [2.75, 3.05) is 32.7 Å². The van der Waals surface area contributed by atoms with Crippen LogP contribution in [0.25, 0.3) is 0 Å². The molecule has 5 nitrogen and oxygen atoms in total. The van der Waals surface area contributed by atoms with Crippen LogP contribution in [0.15, 0.2) is 24.3 Å². The monoisotopic (exact) mass is 299 g/mol. The average Bonchev–Trinajstić information content (AvgIpc) is 2.98. The van der Waals surface area contributed by atoms with Crippen molar-refractivity contribution in [2.24, 2.45) is 5.92 Å². The fraction of sp³-hybridized carbons (Fsp3) is 0.529. The molecule has 116 valence electrons. The van der Waals surface area contributed by atoms with Crippen LogP contribution in [0.2, 0.25) is 0 Å². The van der Waals surface area contributed by atoms with Crippen LogP contribution in [0.4, 0.5) is 0 Å². The minimum absolute atomic E-state index is 0.0515. The standard InChI is InChI=1S/C17H21N3O2/c21-16-15-11-20(8-7-19(15)6-5-18-16)17(22)14-9-12-3-1-2-4-13(12)10-14/h1-4,14-15H,5-11H2,(H,18,21). The van der Waals surface area contributed by atoms with E-state index < -0.39 is 0 Å². The van der Waals surface area contributed by atoms with Crippen molar-refractivity contribution >= 4 is 11.8 Å². The lowest BCUT2D eigenvalue weighted by molar-refractivity contribution is -0.142. The van der Waals surface area contributed by atoms with Crippen molar-refractivity contribution in [3.63, 3.8) is 0 Å². The summed E-state index contributed by atoms with van der Waals surface area (Å²) < 4.78 is 0. The topological polar surface area (TPSA) is 52.7 Å². The van der Waals surface area contributed by atoms with Crippen LogP contribution < -0.4 is 5.32 Å². The first-order valence-corrected chi connectivity index (χ1v) is 8.10. The van der Waals surface area contributed by atoms with Crippen molar-refractivity contribution in [1.29, 1.82) is 0 Å². The fourth-order valence-corrected chi connectivity index (χ4v) is 3.97. The van der Waals surface area contributed by atoms with Gasteiger partial charge in [0.1, 0.15) is 6.04 Å². The van der Waals surface area contributed by atoms with E-state index in [-0.39, 0.29) is 23.8 Å². The minimum atomic E-state index is -0.157. The molecule has 1 aromatic rings. The van der Waals surface area contributed by atoms with Crippen LogP contribution in [0.1, 0.15) is 11.1 Å². The van der Waals surface area contributed by atoms with Gasteiger partial charge in [-0.15, -0.1) is 0 Å². The third-order valence-corrected chi connectivity index (χ3v) is 5.20. The van der Waals surface area contributed by atoms with E-state index in [4.69, 9.17) is 0 Å². The number of rotatable bonds is 1. The maximum atomic E-state index is 12.8. The number of nitrogens with zero attached hydrogens (tertiary/aromatic N) is 2. The highest BCUT2D eigenvalue weighted by molar-refractivity contribution is 5.85. The number of amides is 2. The van der Waals surface area contributed by atoms with E-state index >= 15 is 0 Å². The third kappa shape index (κ3) is 2.29. The molecule has 1 atom stereocenters. The summed E-state index contributed by atoms with van der Waals surface area (Å²) in [4.78, 5) is 28.9. The van der Waals surface area contributed by atoms with Gasteiger partial charge in [-0.2, -0.15) is 0 Å². The molecule has 1 unspecified atom stereocenters. The maximum Gasteiger partial charge on any atom is 0.239 e. The van der Waals surface area contributed by atoms with E-state index in [1.165, 1.54) is 11.1 Å². The van der Waals surface area contributed by atoms with Gasteiger partial charge < -0.3 is 10.2 Å². The zero-order valence-electron chi connectivity index (χ0n) is 12.6. The first-order valence-electron chi connectivity index (χ1n) is 8.10. The normalized spacial score (nSPS) is 25.5. The average molecular weight is 299 g/mol. The molecule has 1 N–H and O–H groups in total. The van der Waals surface area contributed by atoms with Gasteiger partial charge in [0.25, 0.3) is 0 Å². The summed E-state index contributed by atoms with van der Waals surface area (Å²) in [5.41, 5.74) is 2.60. The van der Waals surface area contributed by atoms with Crippen LogP contribution in [-0.4, -0.2) is 60.4 Å². The van der Waals surface area contributed by atoms with Crippen molar-refractivity contribution in [3.05, 3.63) is 35.4 Å². The molecule has 1 aromatic carbocycles. The number of fused-ring (bicyclic) bond motifs is 2. The Bertz CT molecular complexity index is 591. The fourth-order valence-electron chi connectivity index (χ4n) is 3.97. The molecule has 2 heterocycles. The Hall–Kier alpha value is -1.88. The predicted molar refractivity (Wildman–Crippen MR) is 82.3 cm³/mol. The van der Waals surface area contributed by atoms with Crippen molar-refractivity contribution in [2.45, 2.75) is 18.9 Å². The van der Waals surface area contributed by atoms with Crippen LogP contribution in [0.3, 0.4) is 0 Å². The summed E-state index contributed by atoms with van der Waals surface area (Å²) >= 11 is 0. The molecule has 2 saturated heterocycles. The van der Waals surface area contributed by atoms with Gasteiger partial charge in [0, 0.05) is 38.6 Å². The summed E-state index contributed by atoms with van der Waals surface area (Å²) in [5.74, 6) is 0.336. The summed E-state index contributed by atoms with van der Waals surface area (Å²) in [5, 5.41) is 2.91. The van der Waals surface area contributed by atoms with Crippen LogP contribution in [0.5, 0.6) is 0 Å². The van der Waals surface area contributed by atoms with E-state index in [1.54, 1.807) is 0 Å². The highest BCUT2D eigenvalue weighted by Crippen LogP contribution is 2.28. The molecule has 1 aliphatic carbocycles. The van der Waals surface area contributed by atoms with Gasteiger partial charge in [-0.25, -0.2) is 0 Å². The lowest BCUT2D eigenvalue weighted by atomic mass is 10.0. The number of piperazine rings is 2. The second kappa shape index (κ2) is 5.39. The Kier molecular flexibility index (Phi) is 3.37. The predicted octanol–water partition coefficient (Wildman–Crippen LogP) is 0.0440. The molecule has 2 fully saturated rings. The number of benzene rings is 1. The third-order valence-electron chi connectivity index (χ3n) is 5.20. The van der Waals surface area contributed by atoms with Crippen molar-refractivity contribution in [3.8, 4) is 0 Å². The second-order valence-electron chi connectivity index (χ2n) is 6.50. The van der Waals surface area contributed by atoms with Gasteiger partial charge >= 0.3 is 0 Å². The lowest BCUT2D eigenvalue weighted by Gasteiger charge is -2.43. The van der Waals surface area contributed by atoms with Crippen molar-refractivity contribution in [1.82, 2.24) is 15.1 Å². The first-order chi connectivity index (χ1) is 10.7. The van der Waals surface area contributed by atoms with Gasteiger partial charge in [0.05, 0.1) is 0 Å². The molecule has 0 bridgehead atoms. The van der Waals surface area contributed by atoms with Crippen LogP contribution >= 0.6 is 0 Å². The van der Waals surface area contributed by atoms with Gasteiger partial charge in [-0.05, 0) is 24.0 Å². The number of carbonyl (C=O) groups excluding carboxylic acids is 2. The molecule has 0 aromatic heterocycles. The van der Waals surface area contributed by atoms with Crippen LogP contribution in [-0.2, 0) is 22.4 Å². The van der Waals surface area contributed by atoms with E-state index in [1.807, 2.05) is 17.0 Å². The van der Waals surface area contributed by atoms with Gasteiger partial charge in [0.2, 0.25) is 11.8 Å². The molecule has 0 saturated carbocycles. The summed E-state index contributed by atoms with van der Waals surface area (Å²) in [6, 6.07) is 8.16. The second-order valence-corrected chi connectivity index (χ2v) is 6.50. The van der Waals surface area contributed by atoms with Gasteiger partial charge in [0.15, 0.2) is 0 Å². The smallest absolute Gasteiger partial charge is 0.239 e. The molecule has 22 heavy (non-hydrogen) atoms. The lowest BCUT2D eigenvalue weighted by Crippen LogP contribution is -2.64. The minimum Gasteiger partial charge on any atom is -0.353 e. The Morgan fingerprint density at radius 1 is 1.09 bits per heavy atom. The summed E-state index contributed by atoms with van der Waals surface area (Å²) in [6.45, 7) is 3.71. The van der Waals surface area contributed by atoms with E-state index in [0.29, 0.717) is 6.54 Å². The van der Waals surface area contributed by atoms with E-state index in [9.17, 15) is 9.59 Å². The number of hydrogen-bond donors (Lipinski definition) is 1. The van der Waals surface area contributed by atoms with E-state index in [0.717, 1.165) is 39.0 Å². The van der Waals surface area contributed by atoms with Crippen molar-refractivity contribution < 1.29 is 9.59 Å². The molecule has 3 aliphatic rings. The summed E-state index contributed by atoms with van der Waals surface area (Å²) in [6.07, 6.45) is 1.68. The quantitative estimate of drug-likeness (QED) is 0.797. The SMILES string of the molecule is O=C1NCCN2CCN(C(=O)C3Cc4ccccc4C3)CC12. The molecule has 5 heteroatoms. The zero-order chi connectivity index (χ0) is 15.1. The largest absolute Gasteiger partial charge is 0.353 e. The Balaban J connectivity index is 1.45. The van der Waals surface area contributed by atoms with Gasteiger partial charge in [-0.3, -0.25) is 14.5 Å². The number of carbonyl (C=O) groups is 2. The maximum absolute atomic E-state index is 12.8. The number of nitrogens with one attached hydrogen (secondary N) is 1. The molecular formula is C17H21N3O2. The number of hydrogen-bond acceptors (Lipinski definition) is 3. The summed E-state index contributed by atoms with van der Waals surface area (Å²) in [7, 11) is 0. The Morgan fingerprint density at radius 3 is 2.55 bits per heavy atom. The zero-order valence-corrected chi connectivity index (χ0v) is 12.6. The first kappa shape index (κ1) is 13.8. The Morgan fingerprint density at radius 2 is 1.82 bits per heavy atom. The molecule has 0 spiro atoms. The highest BCUT2D eigenvalue weighted by atomic mass is 16.2.